The number of methoxy groups -OCH3 is 2. The maximum atomic E-state index is 12.6. The summed E-state index contributed by atoms with van der Waals surface area (Å²) in [4.78, 5) is 18.9. The lowest BCUT2D eigenvalue weighted by Crippen LogP contribution is -2.17. The molecule has 0 aliphatic rings. The number of hydrogen-bond donors (Lipinski definition) is 2. The van der Waals surface area contributed by atoms with E-state index in [-0.39, 0.29) is 5.91 Å². The Morgan fingerprint density at radius 1 is 1.15 bits per heavy atom. The molecule has 0 aliphatic carbocycles. The maximum absolute atomic E-state index is 12.6. The van der Waals surface area contributed by atoms with Crippen LogP contribution >= 0.6 is 11.6 Å². The molecule has 1 aromatic heterocycles. The van der Waals surface area contributed by atoms with E-state index in [1.165, 1.54) is 20.4 Å². The average molecular weight is 393 g/mol. The van der Waals surface area contributed by atoms with Crippen LogP contribution in [-0.4, -0.2) is 57.2 Å². The van der Waals surface area contributed by atoms with Crippen molar-refractivity contribution in [2.24, 2.45) is 0 Å². The van der Waals surface area contributed by atoms with Crippen molar-refractivity contribution in [1.82, 2.24) is 9.88 Å². The quantitative estimate of drug-likeness (QED) is 0.637. The summed E-state index contributed by atoms with van der Waals surface area (Å²) in [5.41, 5.74) is 1.69. The minimum absolute atomic E-state index is 0.304. The number of nitrogens with one attached hydrogen (secondary N) is 2. The third-order valence-corrected chi connectivity index (χ3v) is 4.13. The summed E-state index contributed by atoms with van der Waals surface area (Å²) < 4.78 is 10.5. The van der Waals surface area contributed by atoms with E-state index in [2.05, 4.69) is 20.5 Å². The number of amides is 1. The summed E-state index contributed by atoms with van der Waals surface area (Å²) in [6.45, 7) is 1.78. The van der Waals surface area contributed by atoms with Gasteiger partial charge in [-0.1, -0.05) is 11.6 Å². The molecule has 146 valence electrons. The predicted octanol–water partition coefficient (Wildman–Crippen LogP) is 3.37. The molecule has 0 spiro atoms. The van der Waals surface area contributed by atoms with Gasteiger partial charge in [-0.2, -0.15) is 0 Å². The van der Waals surface area contributed by atoms with Crippen LogP contribution in [0, 0.1) is 0 Å². The monoisotopic (exact) mass is 392 g/mol. The molecule has 0 saturated heterocycles. The van der Waals surface area contributed by atoms with Gasteiger partial charge in [0.15, 0.2) is 0 Å². The Hall–Kier alpha value is -2.51. The Labute approximate surface area is 164 Å². The third kappa shape index (κ3) is 6.01. The first-order valence-corrected chi connectivity index (χ1v) is 8.89. The van der Waals surface area contributed by atoms with Gasteiger partial charge < -0.3 is 25.0 Å². The highest BCUT2D eigenvalue weighted by Gasteiger charge is 2.14. The number of carbonyl (C=O) groups is 1. The van der Waals surface area contributed by atoms with Crippen LogP contribution < -0.4 is 20.1 Å². The lowest BCUT2D eigenvalue weighted by atomic mass is 10.2. The summed E-state index contributed by atoms with van der Waals surface area (Å²) in [7, 11) is 7.08. The van der Waals surface area contributed by atoms with Crippen molar-refractivity contribution < 1.29 is 14.3 Å². The van der Waals surface area contributed by atoms with Crippen molar-refractivity contribution in [3.63, 3.8) is 0 Å². The van der Waals surface area contributed by atoms with Crippen LogP contribution in [-0.2, 0) is 0 Å². The highest BCUT2D eigenvalue weighted by atomic mass is 35.5. The van der Waals surface area contributed by atoms with Crippen LogP contribution in [0.4, 0.5) is 11.4 Å². The topological polar surface area (TPSA) is 75.7 Å². The second-order valence-electron chi connectivity index (χ2n) is 6.19. The molecule has 8 heteroatoms. The van der Waals surface area contributed by atoms with Gasteiger partial charge in [0.25, 0.3) is 5.91 Å². The molecule has 27 heavy (non-hydrogen) atoms. The zero-order valence-electron chi connectivity index (χ0n) is 16.0. The van der Waals surface area contributed by atoms with Crippen LogP contribution in [0.3, 0.4) is 0 Å². The van der Waals surface area contributed by atoms with Gasteiger partial charge in [0.05, 0.1) is 36.2 Å². The van der Waals surface area contributed by atoms with E-state index in [1.54, 1.807) is 24.4 Å². The molecule has 0 unspecified atom stereocenters. The zero-order chi connectivity index (χ0) is 19.8. The van der Waals surface area contributed by atoms with E-state index >= 15 is 0 Å². The molecule has 1 heterocycles. The summed E-state index contributed by atoms with van der Waals surface area (Å²) in [5, 5.41) is 6.49. The smallest absolute Gasteiger partial charge is 0.257 e. The molecule has 0 aliphatic heterocycles. The number of pyridine rings is 1. The van der Waals surface area contributed by atoms with Gasteiger partial charge in [-0.15, -0.1) is 0 Å². The largest absolute Gasteiger partial charge is 0.495 e. The van der Waals surface area contributed by atoms with Crippen LogP contribution in [0.1, 0.15) is 16.8 Å². The van der Waals surface area contributed by atoms with Crippen molar-refractivity contribution in [2.45, 2.75) is 6.42 Å². The van der Waals surface area contributed by atoms with Crippen molar-refractivity contribution in [3.05, 3.63) is 41.2 Å². The van der Waals surface area contributed by atoms with E-state index < -0.39 is 0 Å². The molecule has 1 amide bonds. The van der Waals surface area contributed by atoms with Crippen molar-refractivity contribution in [3.8, 4) is 11.5 Å². The number of carbonyl (C=O) groups excluding carboxylic acids is 1. The molecule has 7 nitrogen and oxygen atoms in total. The summed E-state index contributed by atoms with van der Waals surface area (Å²) >= 11 is 6.10. The van der Waals surface area contributed by atoms with Crippen LogP contribution in [0.2, 0.25) is 5.02 Å². The molecule has 2 aromatic rings. The van der Waals surface area contributed by atoms with Crippen molar-refractivity contribution in [1.29, 1.82) is 0 Å². The Balaban J connectivity index is 2.09. The molecule has 2 rings (SSSR count). The van der Waals surface area contributed by atoms with E-state index in [9.17, 15) is 4.79 Å². The van der Waals surface area contributed by atoms with E-state index in [0.29, 0.717) is 27.8 Å². The first kappa shape index (κ1) is 20.8. The van der Waals surface area contributed by atoms with Crippen LogP contribution in [0.15, 0.2) is 30.6 Å². The molecule has 1 aromatic carbocycles. The first-order valence-electron chi connectivity index (χ1n) is 8.51. The number of ether oxygens (including phenoxy) is 2. The Kier molecular flexibility index (Phi) is 7.69. The number of benzene rings is 1. The average Bonchev–Trinajstić information content (AvgIpc) is 2.66. The molecule has 0 bridgehead atoms. The second kappa shape index (κ2) is 9.99. The normalized spacial score (nSPS) is 10.6. The molecule has 0 radical (unpaired) electrons. The van der Waals surface area contributed by atoms with Gasteiger partial charge in [-0.25, -0.2) is 0 Å². The summed E-state index contributed by atoms with van der Waals surface area (Å²) in [6.07, 6.45) is 4.20. The molecule has 0 saturated carbocycles. The highest BCUT2D eigenvalue weighted by molar-refractivity contribution is 6.32. The lowest BCUT2D eigenvalue weighted by Gasteiger charge is -2.14. The number of hydrogen-bond acceptors (Lipinski definition) is 6. The van der Waals surface area contributed by atoms with Crippen molar-refractivity contribution in [2.75, 3.05) is 52.0 Å². The highest BCUT2D eigenvalue weighted by Crippen LogP contribution is 2.36. The lowest BCUT2D eigenvalue weighted by molar-refractivity contribution is 0.102. The number of nitrogens with zero attached hydrogens (tertiary/aromatic N) is 2. The van der Waals surface area contributed by atoms with E-state index in [4.69, 9.17) is 21.1 Å². The fourth-order valence-electron chi connectivity index (χ4n) is 2.44. The fourth-order valence-corrected chi connectivity index (χ4v) is 2.67. The maximum Gasteiger partial charge on any atom is 0.257 e. The van der Waals surface area contributed by atoms with Gasteiger partial charge in [0, 0.05) is 31.1 Å². The van der Waals surface area contributed by atoms with Crippen molar-refractivity contribution >= 4 is 28.9 Å². The van der Waals surface area contributed by atoms with E-state index in [0.717, 1.165) is 25.2 Å². The third-order valence-electron chi connectivity index (χ3n) is 3.83. The number of aromatic nitrogens is 1. The summed E-state index contributed by atoms with van der Waals surface area (Å²) in [5.74, 6) is 0.587. The minimum atomic E-state index is -0.304. The number of halogens is 1. The SMILES string of the molecule is COc1cc(NC(=O)c2cncc(NCCCN(C)C)c2)c(OC)cc1Cl. The Morgan fingerprint density at radius 3 is 2.56 bits per heavy atom. The predicted molar refractivity (Wildman–Crippen MR) is 108 cm³/mol. The van der Waals surface area contributed by atoms with Gasteiger partial charge >= 0.3 is 0 Å². The van der Waals surface area contributed by atoms with Crippen LogP contribution in [0.25, 0.3) is 0 Å². The van der Waals surface area contributed by atoms with Gasteiger partial charge in [-0.3, -0.25) is 9.78 Å². The van der Waals surface area contributed by atoms with Gasteiger partial charge in [-0.05, 0) is 33.1 Å². The molecule has 0 atom stereocenters. The minimum Gasteiger partial charge on any atom is -0.495 e. The van der Waals surface area contributed by atoms with E-state index in [1.807, 2.05) is 14.1 Å². The molecular weight excluding hydrogens is 368 g/mol. The Morgan fingerprint density at radius 2 is 1.89 bits per heavy atom. The molecule has 0 fully saturated rings. The second-order valence-corrected chi connectivity index (χ2v) is 6.59. The molecule has 2 N–H and O–H groups in total. The summed E-state index contributed by atoms with van der Waals surface area (Å²) in [6, 6.07) is 4.98. The van der Waals surface area contributed by atoms with Crippen LogP contribution in [0.5, 0.6) is 11.5 Å². The number of rotatable bonds is 9. The molecular formula is C19H25ClN4O3. The Bertz CT molecular complexity index is 784. The fraction of sp³-hybridized carbons (Fsp3) is 0.368. The standard InChI is InChI=1S/C19H25ClN4O3/c1-24(2)7-5-6-22-14-8-13(11-21-12-14)19(25)23-16-10-17(26-3)15(20)9-18(16)27-4/h8-12,22H,5-7H2,1-4H3,(H,23,25). The van der Waals surface area contributed by atoms with Gasteiger partial charge in [0.1, 0.15) is 11.5 Å². The number of anilines is 2. The zero-order valence-corrected chi connectivity index (χ0v) is 16.8. The first-order chi connectivity index (χ1) is 12.9. The van der Waals surface area contributed by atoms with Gasteiger partial charge in [0.2, 0.25) is 0 Å².